The summed E-state index contributed by atoms with van der Waals surface area (Å²) in [6.07, 6.45) is 4.94. The summed E-state index contributed by atoms with van der Waals surface area (Å²) in [6.45, 7) is 5.62. The molecule has 27 heavy (non-hydrogen) atoms. The molecule has 1 aromatic rings. The van der Waals surface area contributed by atoms with Gasteiger partial charge >= 0.3 is 5.97 Å². The molecule has 1 fully saturated rings. The standard InChI is InChI=1S/C20H26ClNO5/c1-4-26-17-11-15(10-16(21)20(17)25-3)7-8-19(24)27-13-18(23)22-9-5-6-14(2)12-22/h7-8,10-11,14H,4-6,9,12-13H2,1-3H3/b8-7+/t14-/m0/s1. The van der Waals surface area contributed by atoms with Crippen molar-refractivity contribution in [1.82, 2.24) is 4.90 Å². The highest BCUT2D eigenvalue weighted by molar-refractivity contribution is 6.32. The number of esters is 1. The number of rotatable bonds is 7. The highest BCUT2D eigenvalue weighted by atomic mass is 35.5. The van der Waals surface area contributed by atoms with Crippen molar-refractivity contribution in [2.45, 2.75) is 26.7 Å². The Kier molecular flexibility index (Phi) is 7.98. The third kappa shape index (κ3) is 6.17. The Labute approximate surface area is 165 Å². The van der Waals surface area contributed by atoms with Gasteiger partial charge in [0, 0.05) is 19.2 Å². The lowest BCUT2D eigenvalue weighted by Gasteiger charge is -2.30. The van der Waals surface area contributed by atoms with E-state index in [4.69, 9.17) is 25.8 Å². The lowest BCUT2D eigenvalue weighted by molar-refractivity contribution is -0.149. The molecular formula is C20H26ClNO5. The monoisotopic (exact) mass is 395 g/mol. The van der Waals surface area contributed by atoms with E-state index in [0.717, 1.165) is 25.9 Å². The van der Waals surface area contributed by atoms with Crippen LogP contribution in [0.1, 0.15) is 32.3 Å². The van der Waals surface area contributed by atoms with Crippen LogP contribution in [0.5, 0.6) is 11.5 Å². The minimum Gasteiger partial charge on any atom is -0.491 e. The van der Waals surface area contributed by atoms with Crippen LogP contribution in [-0.4, -0.2) is 50.2 Å². The van der Waals surface area contributed by atoms with Gasteiger partial charge in [0.05, 0.1) is 18.7 Å². The summed E-state index contributed by atoms with van der Waals surface area (Å²) < 4.78 is 15.8. The number of carbonyl (C=O) groups excluding carboxylic acids is 2. The van der Waals surface area contributed by atoms with E-state index >= 15 is 0 Å². The van der Waals surface area contributed by atoms with E-state index < -0.39 is 5.97 Å². The maximum atomic E-state index is 12.1. The van der Waals surface area contributed by atoms with Crippen molar-refractivity contribution in [3.8, 4) is 11.5 Å². The molecule has 2 rings (SSSR count). The molecule has 0 N–H and O–H groups in total. The van der Waals surface area contributed by atoms with Crippen molar-refractivity contribution >= 4 is 29.6 Å². The van der Waals surface area contributed by atoms with Crippen molar-refractivity contribution in [3.63, 3.8) is 0 Å². The van der Waals surface area contributed by atoms with Gasteiger partial charge in [0.1, 0.15) is 0 Å². The van der Waals surface area contributed by atoms with Gasteiger partial charge in [-0.1, -0.05) is 18.5 Å². The molecule has 0 spiro atoms. The van der Waals surface area contributed by atoms with Crippen molar-refractivity contribution in [3.05, 3.63) is 28.8 Å². The molecule has 0 bridgehead atoms. The summed E-state index contributed by atoms with van der Waals surface area (Å²) in [5.74, 6) is 0.680. The number of halogens is 1. The first kappa shape index (κ1) is 21.1. The number of benzene rings is 1. The van der Waals surface area contributed by atoms with Crippen LogP contribution in [0.3, 0.4) is 0 Å². The molecule has 1 aliphatic rings. The van der Waals surface area contributed by atoms with E-state index in [0.29, 0.717) is 34.6 Å². The fourth-order valence-electron chi connectivity index (χ4n) is 3.00. The van der Waals surface area contributed by atoms with Gasteiger partial charge in [-0.05, 0) is 49.5 Å². The fraction of sp³-hybridized carbons (Fsp3) is 0.500. The molecule has 1 heterocycles. The molecule has 1 aromatic carbocycles. The number of amides is 1. The summed E-state index contributed by atoms with van der Waals surface area (Å²) in [6, 6.07) is 3.38. The number of methoxy groups -OCH3 is 1. The maximum absolute atomic E-state index is 12.1. The molecule has 1 atom stereocenters. The molecule has 0 unspecified atom stereocenters. The van der Waals surface area contributed by atoms with Crippen LogP contribution >= 0.6 is 11.6 Å². The Bertz CT molecular complexity index is 704. The smallest absolute Gasteiger partial charge is 0.331 e. The first-order valence-corrected chi connectivity index (χ1v) is 9.45. The van der Waals surface area contributed by atoms with Crippen molar-refractivity contribution in [2.24, 2.45) is 5.92 Å². The third-order valence-electron chi connectivity index (χ3n) is 4.30. The second-order valence-corrected chi connectivity index (χ2v) is 6.90. The van der Waals surface area contributed by atoms with Crippen LogP contribution in [0.15, 0.2) is 18.2 Å². The largest absolute Gasteiger partial charge is 0.491 e. The predicted octanol–water partition coefficient (Wildman–Crippen LogP) is 3.56. The van der Waals surface area contributed by atoms with Gasteiger partial charge < -0.3 is 19.1 Å². The van der Waals surface area contributed by atoms with Crippen molar-refractivity contribution in [1.29, 1.82) is 0 Å². The number of likely N-dealkylation sites (tertiary alicyclic amines) is 1. The Hall–Kier alpha value is -2.21. The first-order chi connectivity index (χ1) is 12.9. The van der Waals surface area contributed by atoms with Gasteiger partial charge in [-0.2, -0.15) is 0 Å². The van der Waals surface area contributed by atoms with Gasteiger partial charge in [-0.15, -0.1) is 0 Å². The molecule has 1 aliphatic heterocycles. The Morgan fingerprint density at radius 1 is 1.37 bits per heavy atom. The Balaban J connectivity index is 1.93. The van der Waals surface area contributed by atoms with E-state index in [9.17, 15) is 9.59 Å². The summed E-state index contributed by atoms with van der Waals surface area (Å²) in [5.41, 5.74) is 0.664. The number of hydrogen-bond donors (Lipinski definition) is 0. The van der Waals surface area contributed by atoms with E-state index in [2.05, 4.69) is 6.92 Å². The normalized spacial score (nSPS) is 17.0. The molecule has 0 aromatic heterocycles. The summed E-state index contributed by atoms with van der Waals surface area (Å²) in [4.78, 5) is 25.8. The van der Waals surface area contributed by atoms with Crippen LogP contribution in [0, 0.1) is 5.92 Å². The molecule has 0 radical (unpaired) electrons. The lowest BCUT2D eigenvalue weighted by atomic mass is 10.0. The zero-order valence-electron chi connectivity index (χ0n) is 16.0. The molecule has 0 aliphatic carbocycles. The Morgan fingerprint density at radius 2 is 2.15 bits per heavy atom. The second kappa shape index (κ2) is 10.2. The summed E-state index contributed by atoms with van der Waals surface area (Å²) in [7, 11) is 1.51. The van der Waals surface area contributed by atoms with Crippen LogP contribution in [0.4, 0.5) is 0 Å². The van der Waals surface area contributed by atoms with Gasteiger partial charge in [0.2, 0.25) is 0 Å². The van der Waals surface area contributed by atoms with Crippen LogP contribution < -0.4 is 9.47 Å². The number of piperidine rings is 1. The Morgan fingerprint density at radius 3 is 2.81 bits per heavy atom. The predicted molar refractivity (Wildman–Crippen MR) is 104 cm³/mol. The number of nitrogens with zero attached hydrogens (tertiary/aromatic N) is 1. The topological polar surface area (TPSA) is 65.1 Å². The number of carbonyl (C=O) groups is 2. The molecule has 7 heteroatoms. The van der Waals surface area contributed by atoms with Crippen molar-refractivity contribution < 1.29 is 23.8 Å². The second-order valence-electron chi connectivity index (χ2n) is 6.50. The highest BCUT2D eigenvalue weighted by Gasteiger charge is 2.21. The lowest BCUT2D eigenvalue weighted by Crippen LogP contribution is -2.41. The zero-order valence-corrected chi connectivity index (χ0v) is 16.8. The number of hydrogen-bond acceptors (Lipinski definition) is 5. The van der Waals surface area contributed by atoms with E-state index in [1.54, 1.807) is 23.1 Å². The van der Waals surface area contributed by atoms with Crippen LogP contribution in [-0.2, 0) is 14.3 Å². The fourth-order valence-corrected chi connectivity index (χ4v) is 3.29. The zero-order chi connectivity index (χ0) is 19.8. The molecule has 1 amide bonds. The quantitative estimate of drug-likeness (QED) is 0.521. The van der Waals surface area contributed by atoms with E-state index in [1.165, 1.54) is 13.2 Å². The number of ether oxygens (including phenoxy) is 3. The van der Waals surface area contributed by atoms with Gasteiger partial charge in [-0.25, -0.2) is 4.79 Å². The molecule has 1 saturated heterocycles. The minimum absolute atomic E-state index is 0.158. The maximum Gasteiger partial charge on any atom is 0.331 e. The molecule has 148 valence electrons. The average Bonchev–Trinajstić information content (AvgIpc) is 2.64. The average molecular weight is 396 g/mol. The molecule has 0 saturated carbocycles. The van der Waals surface area contributed by atoms with Crippen LogP contribution in [0.2, 0.25) is 5.02 Å². The van der Waals surface area contributed by atoms with Gasteiger partial charge in [0.15, 0.2) is 18.1 Å². The SMILES string of the molecule is CCOc1cc(/C=C/C(=O)OCC(=O)N2CCC[C@H](C)C2)cc(Cl)c1OC. The molecular weight excluding hydrogens is 370 g/mol. The minimum atomic E-state index is -0.585. The summed E-state index contributed by atoms with van der Waals surface area (Å²) in [5, 5.41) is 0.380. The molecule has 6 nitrogen and oxygen atoms in total. The third-order valence-corrected chi connectivity index (χ3v) is 4.58. The van der Waals surface area contributed by atoms with E-state index in [-0.39, 0.29) is 12.5 Å². The highest BCUT2D eigenvalue weighted by Crippen LogP contribution is 2.36. The van der Waals surface area contributed by atoms with Crippen molar-refractivity contribution in [2.75, 3.05) is 33.4 Å². The summed E-state index contributed by atoms with van der Waals surface area (Å²) >= 11 is 6.18. The van der Waals surface area contributed by atoms with Gasteiger partial charge in [-0.3, -0.25) is 4.79 Å². The van der Waals surface area contributed by atoms with E-state index in [1.807, 2.05) is 6.92 Å². The first-order valence-electron chi connectivity index (χ1n) is 9.07. The van der Waals surface area contributed by atoms with Gasteiger partial charge in [0.25, 0.3) is 5.91 Å². The van der Waals surface area contributed by atoms with Crippen LogP contribution in [0.25, 0.3) is 6.08 Å².